The number of aromatic nitrogens is 2. The number of ether oxygens (including phenoxy) is 1. The summed E-state index contributed by atoms with van der Waals surface area (Å²) in [6.45, 7) is 7.16. The lowest BCUT2D eigenvalue weighted by atomic mass is 10.1. The first kappa shape index (κ1) is 18.2. The van der Waals surface area contributed by atoms with Crippen molar-refractivity contribution in [3.8, 4) is 0 Å². The molecule has 1 amide bonds. The van der Waals surface area contributed by atoms with E-state index in [9.17, 15) is 4.79 Å². The van der Waals surface area contributed by atoms with Crippen LogP contribution in [0.25, 0.3) is 11.0 Å². The van der Waals surface area contributed by atoms with Crippen molar-refractivity contribution in [1.82, 2.24) is 15.3 Å². The number of benzene rings is 1. The van der Waals surface area contributed by atoms with Gasteiger partial charge in [-0.15, -0.1) is 0 Å². The number of nitrogens with one attached hydrogen (secondary N) is 2. The maximum Gasteiger partial charge on any atom is 0.407 e. The first-order valence-corrected chi connectivity index (χ1v) is 9.05. The zero-order chi connectivity index (χ0) is 18.7. The molecule has 2 N–H and O–H groups in total. The number of nitrogens with zero attached hydrogens (tertiary/aromatic N) is 3. The Morgan fingerprint density at radius 2 is 1.92 bits per heavy atom. The Morgan fingerprint density at radius 3 is 2.58 bits per heavy atom. The monoisotopic (exact) mass is 357 g/mol. The standard InChI is InChI=1S/C19H27N5O2/c1-19(2,3)26-18(25)21-13-8-7-11-24(12-13)17-16(20-4)22-14-9-5-6-10-15(14)23-17/h5-6,9-10,13H,7-8,11-12H2,1-4H3,(H,20,22)(H,21,25). The lowest BCUT2D eigenvalue weighted by Crippen LogP contribution is -2.49. The number of carbonyl (C=O) groups excluding carboxylic acids is 1. The maximum absolute atomic E-state index is 12.1. The predicted molar refractivity (Wildman–Crippen MR) is 104 cm³/mol. The topological polar surface area (TPSA) is 79.4 Å². The fourth-order valence-electron chi connectivity index (χ4n) is 3.14. The normalized spacial score (nSPS) is 17.8. The molecule has 7 heteroatoms. The van der Waals surface area contributed by atoms with E-state index in [2.05, 4.69) is 20.5 Å². The van der Waals surface area contributed by atoms with Gasteiger partial charge >= 0.3 is 6.09 Å². The summed E-state index contributed by atoms with van der Waals surface area (Å²) in [4.78, 5) is 23.7. The lowest BCUT2D eigenvalue weighted by molar-refractivity contribution is 0.0500. The molecule has 7 nitrogen and oxygen atoms in total. The molecule has 3 rings (SSSR count). The molecule has 26 heavy (non-hydrogen) atoms. The molecule has 1 saturated heterocycles. The fourth-order valence-corrected chi connectivity index (χ4v) is 3.14. The number of carbonyl (C=O) groups is 1. The van der Waals surface area contributed by atoms with Crippen molar-refractivity contribution in [3.63, 3.8) is 0 Å². The minimum absolute atomic E-state index is 0.0246. The summed E-state index contributed by atoms with van der Waals surface area (Å²) in [5, 5.41) is 6.12. The van der Waals surface area contributed by atoms with Gasteiger partial charge in [0.1, 0.15) is 5.60 Å². The van der Waals surface area contributed by atoms with E-state index in [4.69, 9.17) is 9.72 Å². The number of anilines is 2. The highest BCUT2D eigenvalue weighted by Gasteiger charge is 2.26. The van der Waals surface area contributed by atoms with Crippen LogP contribution in [0.2, 0.25) is 0 Å². The zero-order valence-corrected chi connectivity index (χ0v) is 15.9. The minimum atomic E-state index is -0.498. The van der Waals surface area contributed by atoms with Crippen molar-refractivity contribution < 1.29 is 9.53 Å². The van der Waals surface area contributed by atoms with Crippen LogP contribution in [0, 0.1) is 0 Å². The van der Waals surface area contributed by atoms with Crippen LogP contribution in [-0.2, 0) is 4.74 Å². The van der Waals surface area contributed by atoms with E-state index in [0.29, 0.717) is 6.54 Å². The highest BCUT2D eigenvalue weighted by molar-refractivity contribution is 5.80. The van der Waals surface area contributed by atoms with E-state index in [1.165, 1.54) is 0 Å². The molecule has 1 atom stereocenters. The number of fused-ring (bicyclic) bond motifs is 1. The van der Waals surface area contributed by atoms with Gasteiger partial charge in [-0.1, -0.05) is 12.1 Å². The number of alkyl carbamates (subject to hydrolysis) is 1. The third kappa shape index (κ3) is 4.33. The van der Waals surface area contributed by atoms with Crippen LogP contribution >= 0.6 is 0 Å². The number of rotatable bonds is 3. The van der Waals surface area contributed by atoms with E-state index >= 15 is 0 Å². The van der Waals surface area contributed by atoms with Gasteiger partial charge in [-0.3, -0.25) is 0 Å². The molecule has 140 valence electrons. The third-order valence-corrected chi connectivity index (χ3v) is 4.23. The molecule has 1 fully saturated rings. The quantitative estimate of drug-likeness (QED) is 0.878. The van der Waals surface area contributed by atoms with Gasteiger partial charge in [-0.05, 0) is 45.7 Å². The number of piperidine rings is 1. The number of para-hydroxylation sites is 2. The molecule has 1 aliphatic heterocycles. The summed E-state index contributed by atoms with van der Waals surface area (Å²) in [6.07, 6.45) is 1.52. The van der Waals surface area contributed by atoms with Crippen molar-refractivity contribution in [2.24, 2.45) is 0 Å². The molecular formula is C19H27N5O2. The summed E-state index contributed by atoms with van der Waals surface area (Å²) < 4.78 is 5.38. The van der Waals surface area contributed by atoms with Gasteiger partial charge in [-0.2, -0.15) is 0 Å². The molecule has 1 aromatic heterocycles. The van der Waals surface area contributed by atoms with E-state index in [0.717, 1.165) is 42.1 Å². The Morgan fingerprint density at radius 1 is 1.23 bits per heavy atom. The smallest absolute Gasteiger partial charge is 0.407 e. The summed E-state index contributed by atoms with van der Waals surface area (Å²) in [6, 6.07) is 7.86. The molecule has 0 saturated carbocycles. The van der Waals surface area contributed by atoms with Crippen molar-refractivity contribution in [2.45, 2.75) is 45.3 Å². The Kier molecular flexibility index (Phi) is 5.15. The maximum atomic E-state index is 12.1. The van der Waals surface area contributed by atoms with Crippen LogP contribution in [0.3, 0.4) is 0 Å². The van der Waals surface area contributed by atoms with Crippen molar-refractivity contribution in [3.05, 3.63) is 24.3 Å². The zero-order valence-electron chi connectivity index (χ0n) is 15.9. The number of hydrogen-bond donors (Lipinski definition) is 2. The summed E-state index contributed by atoms with van der Waals surface area (Å²) in [5.74, 6) is 1.57. The average Bonchev–Trinajstić information content (AvgIpc) is 2.59. The average molecular weight is 357 g/mol. The third-order valence-electron chi connectivity index (χ3n) is 4.23. The van der Waals surface area contributed by atoms with Crippen LogP contribution in [0.1, 0.15) is 33.6 Å². The van der Waals surface area contributed by atoms with Gasteiger partial charge in [0, 0.05) is 26.2 Å². The van der Waals surface area contributed by atoms with Crippen LogP contribution in [0.15, 0.2) is 24.3 Å². The summed E-state index contributed by atoms with van der Waals surface area (Å²) >= 11 is 0. The van der Waals surface area contributed by atoms with E-state index in [1.807, 2.05) is 52.1 Å². The van der Waals surface area contributed by atoms with Crippen LogP contribution in [0.4, 0.5) is 16.4 Å². The molecule has 0 bridgehead atoms. The van der Waals surface area contributed by atoms with Gasteiger partial charge in [0.25, 0.3) is 0 Å². The van der Waals surface area contributed by atoms with Crippen molar-refractivity contribution >= 4 is 28.8 Å². The number of hydrogen-bond acceptors (Lipinski definition) is 6. The van der Waals surface area contributed by atoms with Gasteiger partial charge in [0.2, 0.25) is 0 Å². The van der Waals surface area contributed by atoms with Gasteiger partial charge in [0.05, 0.1) is 11.0 Å². The summed E-state index contributed by atoms with van der Waals surface area (Å²) in [5.41, 5.74) is 1.23. The second-order valence-electron chi connectivity index (χ2n) is 7.57. The molecule has 0 aliphatic carbocycles. The molecule has 1 unspecified atom stereocenters. The lowest BCUT2D eigenvalue weighted by Gasteiger charge is -2.35. The highest BCUT2D eigenvalue weighted by Crippen LogP contribution is 2.27. The van der Waals surface area contributed by atoms with E-state index in [-0.39, 0.29) is 12.1 Å². The first-order chi connectivity index (χ1) is 12.4. The Hall–Kier alpha value is -2.57. The molecule has 2 aromatic rings. The van der Waals surface area contributed by atoms with E-state index < -0.39 is 5.60 Å². The minimum Gasteiger partial charge on any atom is -0.444 e. The second kappa shape index (κ2) is 7.35. The van der Waals surface area contributed by atoms with Gasteiger partial charge in [-0.25, -0.2) is 14.8 Å². The summed E-state index contributed by atoms with van der Waals surface area (Å²) in [7, 11) is 1.85. The molecule has 1 aromatic carbocycles. The van der Waals surface area contributed by atoms with Gasteiger partial charge < -0.3 is 20.3 Å². The van der Waals surface area contributed by atoms with Crippen LogP contribution in [-0.4, -0.2) is 47.8 Å². The largest absolute Gasteiger partial charge is 0.444 e. The first-order valence-electron chi connectivity index (χ1n) is 9.05. The highest BCUT2D eigenvalue weighted by atomic mass is 16.6. The van der Waals surface area contributed by atoms with E-state index in [1.54, 1.807) is 0 Å². The molecule has 2 heterocycles. The molecule has 0 spiro atoms. The van der Waals surface area contributed by atoms with Crippen LogP contribution < -0.4 is 15.5 Å². The molecular weight excluding hydrogens is 330 g/mol. The number of amides is 1. The Bertz CT molecular complexity index is 787. The Balaban J connectivity index is 1.77. The van der Waals surface area contributed by atoms with Gasteiger partial charge in [0.15, 0.2) is 11.6 Å². The van der Waals surface area contributed by atoms with Crippen molar-refractivity contribution in [2.75, 3.05) is 30.4 Å². The second-order valence-corrected chi connectivity index (χ2v) is 7.57. The molecule has 0 radical (unpaired) electrons. The Labute approximate surface area is 154 Å². The fraction of sp³-hybridized carbons (Fsp3) is 0.526. The SMILES string of the molecule is CNc1nc2ccccc2nc1N1CCCC(NC(=O)OC(C)(C)C)C1. The van der Waals surface area contributed by atoms with Crippen molar-refractivity contribution in [1.29, 1.82) is 0 Å². The molecule has 1 aliphatic rings. The predicted octanol–water partition coefficient (Wildman–Crippen LogP) is 3.17. The van der Waals surface area contributed by atoms with Crippen LogP contribution in [0.5, 0.6) is 0 Å².